The Morgan fingerprint density at radius 3 is 2.57 bits per heavy atom. The number of pyridine rings is 1. The van der Waals surface area contributed by atoms with Crippen LogP contribution in [0.1, 0.15) is 27.3 Å². The highest BCUT2D eigenvalue weighted by atomic mass is 16.7. The van der Waals surface area contributed by atoms with Crippen LogP contribution in [0.2, 0.25) is 0 Å². The van der Waals surface area contributed by atoms with Gasteiger partial charge in [0.25, 0.3) is 5.91 Å². The van der Waals surface area contributed by atoms with Crippen LogP contribution in [0.25, 0.3) is 0 Å². The van der Waals surface area contributed by atoms with E-state index in [0.717, 1.165) is 0 Å². The predicted octanol–water partition coefficient (Wildman–Crippen LogP) is 1.60. The van der Waals surface area contributed by atoms with Crippen molar-refractivity contribution in [1.82, 2.24) is 10.0 Å². The van der Waals surface area contributed by atoms with Crippen LogP contribution in [-0.2, 0) is 9.63 Å². The lowest BCUT2D eigenvalue weighted by atomic mass is 10.2. The Kier molecular flexibility index (Phi) is 4.01. The summed E-state index contributed by atoms with van der Waals surface area (Å²) in [4.78, 5) is 44.4. The number of rotatable bonds is 5. The number of benzene rings is 1. The summed E-state index contributed by atoms with van der Waals surface area (Å²) >= 11 is 0. The number of hydrogen-bond donors (Lipinski definition) is 0. The minimum Gasteiger partial charge on any atom is -0.493 e. The molecule has 1 aromatic heterocycles. The van der Waals surface area contributed by atoms with Crippen molar-refractivity contribution in [2.24, 2.45) is 0 Å². The summed E-state index contributed by atoms with van der Waals surface area (Å²) < 4.78 is 5.36. The second kappa shape index (κ2) is 6.27. The van der Waals surface area contributed by atoms with E-state index < -0.39 is 17.8 Å². The molecule has 2 aromatic rings. The zero-order valence-corrected chi connectivity index (χ0v) is 12.0. The van der Waals surface area contributed by atoms with Crippen LogP contribution >= 0.6 is 0 Å². The fourth-order valence-corrected chi connectivity index (χ4v) is 2.05. The zero-order chi connectivity index (χ0) is 16.2. The number of aromatic nitrogens is 1. The lowest BCUT2D eigenvalue weighted by Gasteiger charge is -2.12. The van der Waals surface area contributed by atoms with Crippen molar-refractivity contribution in [3.8, 4) is 5.75 Å². The zero-order valence-electron chi connectivity index (χ0n) is 12.0. The molecule has 0 aliphatic carbocycles. The van der Waals surface area contributed by atoms with Crippen molar-refractivity contribution in [1.29, 1.82) is 0 Å². The summed E-state index contributed by atoms with van der Waals surface area (Å²) in [7, 11) is 0. The van der Waals surface area contributed by atoms with Gasteiger partial charge in [0.15, 0.2) is 0 Å². The lowest BCUT2D eigenvalue weighted by Crippen LogP contribution is -2.33. The largest absolute Gasteiger partial charge is 0.493 e. The van der Waals surface area contributed by atoms with Gasteiger partial charge in [-0.15, -0.1) is 0 Å². The summed E-state index contributed by atoms with van der Waals surface area (Å²) in [6.07, 6.45) is 1.29. The molecule has 0 radical (unpaired) electrons. The van der Waals surface area contributed by atoms with Crippen LogP contribution in [0.15, 0.2) is 48.7 Å². The van der Waals surface area contributed by atoms with Crippen LogP contribution in [0.4, 0.5) is 0 Å². The quantitative estimate of drug-likeness (QED) is 0.780. The van der Waals surface area contributed by atoms with Crippen LogP contribution in [0.3, 0.4) is 0 Å². The van der Waals surface area contributed by atoms with E-state index in [2.05, 4.69) is 4.98 Å². The maximum absolute atomic E-state index is 12.0. The summed E-state index contributed by atoms with van der Waals surface area (Å²) in [6.45, 7) is 0.0737. The lowest BCUT2D eigenvalue weighted by molar-refractivity contribution is -0.169. The third-order valence-corrected chi connectivity index (χ3v) is 3.12. The average Bonchev–Trinajstić information content (AvgIpc) is 2.81. The predicted molar refractivity (Wildman–Crippen MR) is 77.4 cm³/mol. The minimum atomic E-state index is -0.747. The molecule has 1 aromatic carbocycles. The molecule has 2 heterocycles. The number of carbonyl (C=O) groups excluding carboxylic acids is 3. The number of hydroxylamine groups is 2. The molecule has 0 fully saturated rings. The highest BCUT2D eigenvalue weighted by molar-refractivity contribution is 6.19. The number of carbonyl (C=O) groups is 3. The first-order chi connectivity index (χ1) is 11.2. The number of fused-ring (bicyclic) bond motifs is 1. The Balaban J connectivity index is 1.55. The Bertz CT molecular complexity index is 725. The fraction of sp³-hybridized carbons (Fsp3) is 0.125. The molecular formula is C16H12N2O5. The number of para-hydroxylation sites is 1. The Hall–Kier alpha value is -3.22. The Labute approximate surface area is 131 Å². The SMILES string of the molecule is O=C(CCOc1ccccc1)ON1C(=O)c2cccnc2C1=O. The van der Waals surface area contributed by atoms with Gasteiger partial charge in [-0.2, -0.15) is 0 Å². The van der Waals surface area contributed by atoms with Gasteiger partial charge in [0.1, 0.15) is 11.4 Å². The van der Waals surface area contributed by atoms with Gasteiger partial charge < -0.3 is 9.57 Å². The van der Waals surface area contributed by atoms with E-state index in [1.165, 1.54) is 18.3 Å². The third kappa shape index (κ3) is 3.03. The molecule has 0 atom stereocenters. The van der Waals surface area contributed by atoms with Crippen molar-refractivity contribution in [2.75, 3.05) is 6.61 Å². The molecule has 2 amide bonds. The van der Waals surface area contributed by atoms with Crippen LogP contribution in [0.5, 0.6) is 5.75 Å². The maximum atomic E-state index is 12.0. The molecular weight excluding hydrogens is 300 g/mol. The van der Waals surface area contributed by atoms with Gasteiger partial charge in [0.2, 0.25) is 0 Å². The van der Waals surface area contributed by atoms with Gasteiger partial charge in [-0.1, -0.05) is 23.3 Å². The Morgan fingerprint density at radius 2 is 1.83 bits per heavy atom. The van der Waals surface area contributed by atoms with E-state index in [0.29, 0.717) is 10.8 Å². The smallest absolute Gasteiger partial charge is 0.336 e. The molecule has 7 nitrogen and oxygen atoms in total. The summed E-state index contributed by atoms with van der Waals surface area (Å²) in [6, 6.07) is 11.9. The first-order valence-corrected chi connectivity index (χ1v) is 6.89. The second-order valence-corrected chi connectivity index (χ2v) is 4.68. The topological polar surface area (TPSA) is 85.8 Å². The second-order valence-electron chi connectivity index (χ2n) is 4.68. The molecule has 1 aliphatic heterocycles. The van der Waals surface area contributed by atoms with Crippen molar-refractivity contribution < 1.29 is 24.0 Å². The van der Waals surface area contributed by atoms with E-state index in [4.69, 9.17) is 9.57 Å². The van der Waals surface area contributed by atoms with Gasteiger partial charge in [-0.05, 0) is 24.3 Å². The number of amides is 2. The molecule has 116 valence electrons. The number of nitrogens with zero attached hydrogens (tertiary/aromatic N) is 2. The van der Waals surface area contributed by atoms with Crippen molar-refractivity contribution >= 4 is 17.8 Å². The highest BCUT2D eigenvalue weighted by Gasteiger charge is 2.39. The number of hydrogen-bond acceptors (Lipinski definition) is 6. The van der Waals surface area contributed by atoms with Gasteiger partial charge in [-0.25, -0.2) is 4.79 Å². The summed E-state index contributed by atoms with van der Waals surface area (Å²) in [5.74, 6) is -1.57. The van der Waals surface area contributed by atoms with E-state index in [1.807, 2.05) is 6.07 Å². The first kappa shape index (κ1) is 14.7. The maximum Gasteiger partial charge on any atom is 0.336 e. The van der Waals surface area contributed by atoms with E-state index in [1.54, 1.807) is 24.3 Å². The molecule has 0 bridgehead atoms. The van der Waals surface area contributed by atoms with Crippen molar-refractivity contribution in [3.05, 3.63) is 59.9 Å². The molecule has 3 rings (SSSR count). The van der Waals surface area contributed by atoms with Gasteiger partial charge in [0.05, 0.1) is 18.6 Å². The van der Waals surface area contributed by atoms with Crippen molar-refractivity contribution in [2.45, 2.75) is 6.42 Å². The third-order valence-electron chi connectivity index (χ3n) is 3.12. The summed E-state index contributed by atoms with van der Waals surface area (Å²) in [5.41, 5.74) is 0.0941. The van der Waals surface area contributed by atoms with Crippen LogP contribution < -0.4 is 4.74 Å². The molecule has 7 heteroatoms. The normalized spacial score (nSPS) is 13.0. The summed E-state index contributed by atoms with van der Waals surface area (Å²) in [5, 5.41) is 0.433. The standard InChI is InChI=1S/C16H12N2O5/c19-13(8-10-22-11-5-2-1-3-6-11)23-18-15(20)12-7-4-9-17-14(12)16(18)21/h1-7,9H,8,10H2. The van der Waals surface area contributed by atoms with E-state index >= 15 is 0 Å². The monoisotopic (exact) mass is 312 g/mol. The molecule has 0 N–H and O–H groups in total. The molecule has 0 saturated carbocycles. The molecule has 0 unspecified atom stereocenters. The van der Waals surface area contributed by atoms with Crippen molar-refractivity contribution in [3.63, 3.8) is 0 Å². The average molecular weight is 312 g/mol. The Morgan fingerprint density at radius 1 is 1.04 bits per heavy atom. The van der Waals surface area contributed by atoms with E-state index in [-0.39, 0.29) is 24.3 Å². The van der Waals surface area contributed by atoms with Gasteiger partial charge >= 0.3 is 11.9 Å². The molecule has 1 aliphatic rings. The fourth-order valence-electron chi connectivity index (χ4n) is 2.05. The van der Waals surface area contributed by atoms with E-state index in [9.17, 15) is 14.4 Å². The molecule has 23 heavy (non-hydrogen) atoms. The number of imide groups is 1. The number of ether oxygens (including phenoxy) is 1. The molecule has 0 saturated heterocycles. The minimum absolute atomic E-state index is 0.0224. The highest BCUT2D eigenvalue weighted by Crippen LogP contribution is 2.20. The van der Waals surface area contributed by atoms with Crippen LogP contribution in [-0.4, -0.2) is 34.4 Å². The first-order valence-electron chi connectivity index (χ1n) is 6.89. The van der Waals surface area contributed by atoms with Gasteiger partial charge in [0, 0.05) is 6.20 Å². The van der Waals surface area contributed by atoms with Gasteiger partial charge in [-0.3, -0.25) is 14.6 Å². The van der Waals surface area contributed by atoms with Crippen LogP contribution in [0, 0.1) is 0 Å². The molecule has 0 spiro atoms.